The van der Waals surface area contributed by atoms with Crippen LogP contribution in [0.25, 0.3) is 0 Å². The van der Waals surface area contributed by atoms with E-state index in [2.05, 4.69) is 6.07 Å². The topological polar surface area (TPSA) is 44.1 Å². The Morgan fingerprint density at radius 1 is 1.17 bits per heavy atom. The van der Waals surface area contributed by atoms with Crippen LogP contribution < -0.4 is 4.90 Å². The van der Waals surface area contributed by atoms with Crippen molar-refractivity contribution < 1.29 is 4.79 Å². The molecule has 0 heterocycles. The standard InChI is InChI=1S/C21H20N2O/c1-21(18-8-6-7-16(13-18)14-22)12-11-17(20(21)24)15-23(2)19-9-4-3-5-10-19/h3-10,13,15H,11-12H2,1-2H3/b17-15+. The fourth-order valence-electron chi connectivity index (χ4n) is 3.27. The van der Waals surface area contributed by atoms with Gasteiger partial charge in [-0.05, 0) is 49.6 Å². The van der Waals surface area contributed by atoms with E-state index in [9.17, 15) is 4.79 Å². The maximum atomic E-state index is 13.0. The Morgan fingerprint density at radius 3 is 2.62 bits per heavy atom. The molecular formula is C21H20N2O. The number of anilines is 1. The van der Waals surface area contributed by atoms with Gasteiger partial charge < -0.3 is 4.90 Å². The molecule has 0 radical (unpaired) electrons. The summed E-state index contributed by atoms with van der Waals surface area (Å²) < 4.78 is 0. The van der Waals surface area contributed by atoms with Gasteiger partial charge in [0.25, 0.3) is 0 Å². The highest BCUT2D eigenvalue weighted by molar-refractivity contribution is 6.05. The van der Waals surface area contributed by atoms with E-state index in [-0.39, 0.29) is 5.78 Å². The normalized spacial score (nSPS) is 21.7. The van der Waals surface area contributed by atoms with Gasteiger partial charge in [0.05, 0.1) is 17.0 Å². The lowest BCUT2D eigenvalue weighted by Gasteiger charge is -2.22. The first-order valence-corrected chi connectivity index (χ1v) is 8.08. The van der Waals surface area contributed by atoms with Crippen molar-refractivity contribution in [1.82, 2.24) is 0 Å². The molecule has 1 unspecified atom stereocenters. The van der Waals surface area contributed by atoms with Crippen LogP contribution in [-0.4, -0.2) is 12.8 Å². The van der Waals surface area contributed by atoms with E-state index in [4.69, 9.17) is 5.26 Å². The summed E-state index contributed by atoms with van der Waals surface area (Å²) >= 11 is 0. The number of carbonyl (C=O) groups excluding carboxylic acids is 1. The lowest BCUT2D eigenvalue weighted by molar-refractivity contribution is -0.118. The Morgan fingerprint density at radius 2 is 1.92 bits per heavy atom. The molecular weight excluding hydrogens is 296 g/mol. The molecule has 1 aliphatic rings. The van der Waals surface area contributed by atoms with Crippen LogP contribution in [0.15, 0.2) is 66.4 Å². The summed E-state index contributed by atoms with van der Waals surface area (Å²) in [4.78, 5) is 15.0. The number of carbonyl (C=O) groups is 1. The van der Waals surface area contributed by atoms with Gasteiger partial charge in [-0.3, -0.25) is 4.79 Å². The molecule has 3 rings (SSSR count). The predicted molar refractivity (Wildman–Crippen MR) is 95.7 cm³/mol. The molecule has 1 fully saturated rings. The zero-order valence-electron chi connectivity index (χ0n) is 14.0. The van der Waals surface area contributed by atoms with E-state index in [1.54, 1.807) is 6.07 Å². The zero-order chi connectivity index (χ0) is 17.2. The van der Waals surface area contributed by atoms with Gasteiger partial charge >= 0.3 is 0 Å². The van der Waals surface area contributed by atoms with E-state index in [0.717, 1.165) is 29.7 Å². The molecule has 0 bridgehead atoms. The van der Waals surface area contributed by atoms with Crippen molar-refractivity contribution >= 4 is 11.5 Å². The number of nitriles is 1. The molecule has 1 saturated carbocycles. The lowest BCUT2D eigenvalue weighted by atomic mass is 9.79. The molecule has 0 spiro atoms. The molecule has 0 aromatic heterocycles. The van der Waals surface area contributed by atoms with E-state index in [0.29, 0.717) is 5.56 Å². The SMILES string of the molecule is CN(/C=C1\CCC(C)(c2cccc(C#N)c2)C1=O)c1ccccc1. The average molecular weight is 316 g/mol. The average Bonchev–Trinajstić information content (AvgIpc) is 2.92. The summed E-state index contributed by atoms with van der Waals surface area (Å²) in [5.74, 6) is 0.153. The minimum absolute atomic E-state index is 0.153. The first-order valence-electron chi connectivity index (χ1n) is 8.08. The fraction of sp³-hybridized carbons (Fsp3) is 0.238. The van der Waals surface area contributed by atoms with E-state index in [1.807, 2.05) is 73.6 Å². The van der Waals surface area contributed by atoms with Crippen molar-refractivity contribution in [1.29, 1.82) is 5.26 Å². The Kier molecular flexibility index (Phi) is 4.22. The van der Waals surface area contributed by atoms with Crippen molar-refractivity contribution in [2.75, 3.05) is 11.9 Å². The molecule has 2 aromatic carbocycles. The van der Waals surface area contributed by atoms with Gasteiger partial charge in [0, 0.05) is 24.5 Å². The second-order valence-electron chi connectivity index (χ2n) is 6.45. The number of benzene rings is 2. The number of nitrogens with zero attached hydrogens (tertiary/aromatic N) is 2. The first kappa shape index (κ1) is 16.0. The summed E-state index contributed by atoms with van der Waals surface area (Å²) in [6, 6.07) is 19.5. The van der Waals surface area contributed by atoms with Crippen molar-refractivity contribution in [2.24, 2.45) is 0 Å². The summed E-state index contributed by atoms with van der Waals surface area (Å²) in [6.07, 6.45) is 3.47. The number of hydrogen-bond acceptors (Lipinski definition) is 3. The third-order valence-corrected chi connectivity index (χ3v) is 4.83. The number of rotatable bonds is 3. The molecule has 0 amide bonds. The minimum atomic E-state index is -0.545. The van der Waals surface area contributed by atoms with Crippen LogP contribution in [-0.2, 0) is 10.2 Å². The van der Waals surface area contributed by atoms with E-state index >= 15 is 0 Å². The highest BCUT2D eigenvalue weighted by atomic mass is 16.1. The van der Waals surface area contributed by atoms with Crippen molar-refractivity contribution in [2.45, 2.75) is 25.2 Å². The number of hydrogen-bond donors (Lipinski definition) is 0. The Bertz CT molecular complexity index is 832. The van der Waals surface area contributed by atoms with Crippen molar-refractivity contribution in [3.05, 3.63) is 77.5 Å². The molecule has 3 heteroatoms. The summed E-state index contributed by atoms with van der Waals surface area (Å²) in [5, 5.41) is 9.10. The lowest BCUT2D eigenvalue weighted by Crippen LogP contribution is -2.28. The molecule has 0 aliphatic heterocycles. The van der Waals surface area contributed by atoms with E-state index in [1.165, 1.54) is 0 Å². The molecule has 2 aromatic rings. The summed E-state index contributed by atoms with van der Waals surface area (Å²) in [6.45, 7) is 1.98. The van der Waals surface area contributed by atoms with Crippen LogP contribution in [0, 0.1) is 11.3 Å². The Balaban J connectivity index is 1.89. The maximum Gasteiger partial charge on any atom is 0.170 e. The minimum Gasteiger partial charge on any atom is -0.351 e. The maximum absolute atomic E-state index is 13.0. The van der Waals surface area contributed by atoms with E-state index < -0.39 is 5.41 Å². The van der Waals surface area contributed by atoms with Crippen LogP contribution in [0.1, 0.15) is 30.9 Å². The monoisotopic (exact) mass is 316 g/mol. The highest BCUT2D eigenvalue weighted by Crippen LogP contribution is 2.41. The second-order valence-corrected chi connectivity index (χ2v) is 6.45. The first-order chi connectivity index (χ1) is 11.5. The largest absolute Gasteiger partial charge is 0.351 e. The molecule has 120 valence electrons. The number of ketones is 1. The molecule has 1 atom stereocenters. The van der Waals surface area contributed by atoms with Crippen LogP contribution in [0.3, 0.4) is 0 Å². The van der Waals surface area contributed by atoms with Gasteiger partial charge in [0.15, 0.2) is 5.78 Å². The fourth-order valence-corrected chi connectivity index (χ4v) is 3.27. The van der Waals surface area contributed by atoms with Gasteiger partial charge in [-0.25, -0.2) is 0 Å². The van der Waals surface area contributed by atoms with Crippen molar-refractivity contribution in [3.8, 4) is 6.07 Å². The van der Waals surface area contributed by atoms with Crippen LogP contribution >= 0.6 is 0 Å². The van der Waals surface area contributed by atoms with Gasteiger partial charge in [-0.2, -0.15) is 5.26 Å². The van der Waals surface area contributed by atoms with Crippen LogP contribution in [0.2, 0.25) is 0 Å². The van der Waals surface area contributed by atoms with Crippen molar-refractivity contribution in [3.63, 3.8) is 0 Å². The Hall–Kier alpha value is -2.86. The second kappa shape index (κ2) is 6.33. The highest BCUT2D eigenvalue weighted by Gasteiger charge is 2.42. The smallest absolute Gasteiger partial charge is 0.170 e. The molecule has 1 aliphatic carbocycles. The number of Topliss-reactive ketones (excluding diaryl/α,β-unsaturated/α-hetero) is 1. The van der Waals surface area contributed by atoms with Crippen LogP contribution in [0.4, 0.5) is 5.69 Å². The zero-order valence-corrected chi connectivity index (χ0v) is 14.0. The summed E-state index contributed by atoms with van der Waals surface area (Å²) in [5.41, 5.74) is 2.87. The third kappa shape index (κ3) is 2.83. The molecule has 0 N–H and O–H groups in total. The quantitative estimate of drug-likeness (QED) is 0.797. The molecule has 0 saturated heterocycles. The predicted octanol–water partition coefficient (Wildman–Crippen LogP) is 4.20. The summed E-state index contributed by atoms with van der Waals surface area (Å²) in [7, 11) is 1.96. The van der Waals surface area contributed by atoms with Gasteiger partial charge in [0.2, 0.25) is 0 Å². The number of allylic oxidation sites excluding steroid dienone is 1. The molecule has 3 nitrogen and oxygen atoms in total. The van der Waals surface area contributed by atoms with Crippen LogP contribution in [0.5, 0.6) is 0 Å². The number of para-hydroxylation sites is 1. The Labute approximate surface area is 142 Å². The third-order valence-electron chi connectivity index (χ3n) is 4.83. The molecule has 24 heavy (non-hydrogen) atoms. The van der Waals surface area contributed by atoms with Gasteiger partial charge in [-0.15, -0.1) is 0 Å². The van der Waals surface area contributed by atoms with Gasteiger partial charge in [-0.1, -0.05) is 30.3 Å². The van der Waals surface area contributed by atoms with Gasteiger partial charge in [0.1, 0.15) is 0 Å².